The number of hydrogen-bond acceptors (Lipinski definition) is 5. The molecule has 7 heteroatoms. The summed E-state index contributed by atoms with van der Waals surface area (Å²) in [5.41, 5.74) is 0. The first-order valence-electron chi connectivity index (χ1n) is 7.02. The summed E-state index contributed by atoms with van der Waals surface area (Å²) < 4.78 is 15.5. The number of nitrogens with one attached hydrogen (secondary N) is 2. The van der Waals surface area contributed by atoms with Crippen molar-refractivity contribution in [2.24, 2.45) is 0 Å². The number of unbranched alkanes of at least 4 members (excludes halogenated alkanes) is 1. The summed E-state index contributed by atoms with van der Waals surface area (Å²) in [7, 11) is 3.04. The lowest BCUT2D eigenvalue weighted by atomic mass is 10.3. The highest BCUT2D eigenvalue weighted by Crippen LogP contribution is 2.27. The van der Waals surface area contributed by atoms with Crippen LogP contribution in [0.1, 0.15) is 19.8 Å². The second-order valence-electron chi connectivity index (χ2n) is 4.49. The van der Waals surface area contributed by atoms with Gasteiger partial charge in [0.25, 0.3) is 5.91 Å². The number of methoxy groups -OCH3 is 2. The molecule has 0 unspecified atom stereocenters. The largest absolute Gasteiger partial charge is 0.496 e. The van der Waals surface area contributed by atoms with Crippen molar-refractivity contribution in [3.63, 3.8) is 0 Å². The zero-order chi connectivity index (χ0) is 16.4. The van der Waals surface area contributed by atoms with Crippen molar-refractivity contribution in [2.75, 3.05) is 27.4 Å². The molecule has 0 bridgehead atoms. The fraction of sp³-hybridized carbons (Fsp3) is 0.467. The van der Waals surface area contributed by atoms with Crippen LogP contribution in [-0.4, -0.2) is 39.3 Å². The molecule has 7 nitrogen and oxygen atoms in total. The quantitative estimate of drug-likeness (QED) is 0.714. The van der Waals surface area contributed by atoms with E-state index in [0.29, 0.717) is 23.8 Å². The average Bonchev–Trinajstić information content (AvgIpc) is 2.52. The molecular weight excluding hydrogens is 288 g/mol. The Morgan fingerprint density at radius 3 is 2.18 bits per heavy atom. The van der Waals surface area contributed by atoms with Crippen LogP contribution in [0.25, 0.3) is 0 Å². The zero-order valence-corrected chi connectivity index (χ0v) is 13.1. The maximum Gasteiger partial charge on any atom is 0.321 e. The van der Waals surface area contributed by atoms with Gasteiger partial charge in [0.2, 0.25) is 0 Å². The Kier molecular flexibility index (Phi) is 7.60. The third kappa shape index (κ3) is 6.34. The summed E-state index contributed by atoms with van der Waals surface area (Å²) >= 11 is 0. The summed E-state index contributed by atoms with van der Waals surface area (Å²) in [4.78, 5) is 23.0. The second kappa shape index (κ2) is 9.49. The van der Waals surface area contributed by atoms with Crippen LogP contribution < -0.4 is 24.8 Å². The molecule has 2 N–H and O–H groups in total. The molecular formula is C15H22N2O5. The van der Waals surface area contributed by atoms with Gasteiger partial charge in [0.05, 0.1) is 14.2 Å². The minimum absolute atomic E-state index is 0.280. The molecule has 1 aromatic carbocycles. The summed E-state index contributed by atoms with van der Waals surface area (Å²) in [6, 6.07) is 4.41. The second-order valence-corrected chi connectivity index (χ2v) is 4.49. The Morgan fingerprint density at radius 2 is 1.64 bits per heavy atom. The lowest BCUT2D eigenvalue weighted by Gasteiger charge is -2.10. The molecule has 122 valence electrons. The van der Waals surface area contributed by atoms with E-state index in [0.717, 1.165) is 12.8 Å². The predicted molar refractivity (Wildman–Crippen MR) is 81.5 cm³/mol. The van der Waals surface area contributed by atoms with Gasteiger partial charge in [-0.3, -0.25) is 10.1 Å². The first-order valence-corrected chi connectivity index (χ1v) is 7.02. The number of amides is 3. The van der Waals surface area contributed by atoms with Crippen LogP contribution in [-0.2, 0) is 4.79 Å². The van der Waals surface area contributed by atoms with Crippen molar-refractivity contribution >= 4 is 11.9 Å². The highest BCUT2D eigenvalue weighted by Gasteiger charge is 2.09. The number of ether oxygens (including phenoxy) is 3. The molecule has 1 rings (SSSR count). The lowest BCUT2D eigenvalue weighted by Crippen LogP contribution is -2.41. The van der Waals surface area contributed by atoms with Crippen molar-refractivity contribution < 1.29 is 23.8 Å². The molecule has 3 amide bonds. The van der Waals surface area contributed by atoms with E-state index >= 15 is 0 Å². The normalized spacial score (nSPS) is 9.77. The summed E-state index contributed by atoms with van der Waals surface area (Å²) in [6.45, 7) is 2.27. The van der Waals surface area contributed by atoms with E-state index in [1.165, 1.54) is 14.2 Å². The van der Waals surface area contributed by atoms with E-state index in [1.54, 1.807) is 18.2 Å². The number of carbonyl (C=O) groups is 2. The SMILES string of the molecule is CCCCNC(=O)NC(=O)COc1cc(OC)cc(OC)c1. The number of urea groups is 1. The molecule has 0 radical (unpaired) electrons. The predicted octanol–water partition coefficient (Wildman–Crippen LogP) is 1.71. The van der Waals surface area contributed by atoms with Gasteiger partial charge in [0.1, 0.15) is 17.2 Å². The third-order valence-corrected chi connectivity index (χ3v) is 2.76. The van der Waals surface area contributed by atoms with Gasteiger partial charge in [-0.2, -0.15) is 0 Å². The Bertz CT molecular complexity index is 482. The Balaban J connectivity index is 2.45. The Labute approximate surface area is 129 Å². The van der Waals surface area contributed by atoms with E-state index < -0.39 is 11.9 Å². The first-order chi connectivity index (χ1) is 10.6. The number of rotatable bonds is 8. The van der Waals surface area contributed by atoms with Gasteiger partial charge in [0.15, 0.2) is 6.61 Å². The fourth-order valence-electron chi connectivity index (χ4n) is 1.60. The number of hydrogen-bond donors (Lipinski definition) is 2. The van der Waals surface area contributed by atoms with Crippen LogP contribution >= 0.6 is 0 Å². The van der Waals surface area contributed by atoms with Crippen molar-refractivity contribution in [1.82, 2.24) is 10.6 Å². The molecule has 0 aromatic heterocycles. The van der Waals surface area contributed by atoms with Gasteiger partial charge in [-0.25, -0.2) is 4.79 Å². The third-order valence-electron chi connectivity index (χ3n) is 2.76. The number of imide groups is 1. The first kappa shape index (κ1) is 17.6. The molecule has 0 aliphatic heterocycles. The highest BCUT2D eigenvalue weighted by molar-refractivity contribution is 5.94. The van der Waals surface area contributed by atoms with Crippen LogP contribution in [0.2, 0.25) is 0 Å². The zero-order valence-electron chi connectivity index (χ0n) is 13.1. The van der Waals surface area contributed by atoms with E-state index in [-0.39, 0.29) is 6.61 Å². The molecule has 0 spiro atoms. The minimum Gasteiger partial charge on any atom is -0.496 e. The van der Waals surface area contributed by atoms with Crippen molar-refractivity contribution in [1.29, 1.82) is 0 Å². The molecule has 0 saturated carbocycles. The number of carbonyl (C=O) groups excluding carboxylic acids is 2. The Morgan fingerprint density at radius 1 is 1.05 bits per heavy atom. The summed E-state index contributed by atoms with van der Waals surface area (Å²) in [5, 5.41) is 4.77. The number of benzene rings is 1. The molecule has 0 saturated heterocycles. The summed E-state index contributed by atoms with van der Waals surface area (Å²) in [6.07, 6.45) is 1.83. The van der Waals surface area contributed by atoms with E-state index in [9.17, 15) is 9.59 Å². The van der Waals surface area contributed by atoms with Gasteiger partial charge in [-0.1, -0.05) is 13.3 Å². The summed E-state index contributed by atoms with van der Waals surface area (Å²) in [5.74, 6) is 0.979. The molecule has 0 atom stereocenters. The van der Waals surface area contributed by atoms with Crippen molar-refractivity contribution in [3.8, 4) is 17.2 Å². The van der Waals surface area contributed by atoms with Crippen LogP contribution in [0, 0.1) is 0 Å². The van der Waals surface area contributed by atoms with Gasteiger partial charge >= 0.3 is 6.03 Å². The van der Waals surface area contributed by atoms with Crippen molar-refractivity contribution in [3.05, 3.63) is 18.2 Å². The van der Waals surface area contributed by atoms with Crippen LogP contribution in [0.4, 0.5) is 4.79 Å². The van der Waals surface area contributed by atoms with E-state index in [1.807, 2.05) is 6.92 Å². The molecule has 22 heavy (non-hydrogen) atoms. The standard InChI is InChI=1S/C15H22N2O5/c1-4-5-6-16-15(19)17-14(18)10-22-13-8-11(20-2)7-12(9-13)21-3/h7-9H,4-6,10H2,1-3H3,(H2,16,17,18,19). The van der Waals surface area contributed by atoms with Crippen molar-refractivity contribution in [2.45, 2.75) is 19.8 Å². The topological polar surface area (TPSA) is 85.9 Å². The van der Waals surface area contributed by atoms with Crippen LogP contribution in [0.5, 0.6) is 17.2 Å². The van der Waals surface area contributed by atoms with Gasteiger partial charge < -0.3 is 19.5 Å². The van der Waals surface area contributed by atoms with Gasteiger partial charge in [0, 0.05) is 24.7 Å². The molecule has 0 fully saturated rings. The van der Waals surface area contributed by atoms with Gasteiger partial charge in [-0.05, 0) is 6.42 Å². The molecule has 0 aliphatic rings. The smallest absolute Gasteiger partial charge is 0.321 e. The van der Waals surface area contributed by atoms with Gasteiger partial charge in [-0.15, -0.1) is 0 Å². The van der Waals surface area contributed by atoms with Crippen LogP contribution in [0.3, 0.4) is 0 Å². The Hall–Kier alpha value is -2.44. The maximum atomic E-state index is 11.6. The molecule has 1 aromatic rings. The fourth-order valence-corrected chi connectivity index (χ4v) is 1.60. The highest BCUT2D eigenvalue weighted by atomic mass is 16.5. The molecule has 0 heterocycles. The monoisotopic (exact) mass is 310 g/mol. The van der Waals surface area contributed by atoms with Crippen LogP contribution in [0.15, 0.2) is 18.2 Å². The van der Waals surface area contributed by atoms with E-state index in [4.69, 9.17) is 14.2 Å². The lowest BCUT2D eigenvalue weighted by molar-refractivity contribution is -0.122. The minimum atomic E-state index is -0.532. The average molecular weight is 310 g/mol. The molecule has 0 aliphatic carbocycles. The maximum absolute atomic E-state index is 11.6. The van der Waals surface area contributed by atoms with E-state index in [2.05, 4.69) is 10.6 Å².